The minimum atomic E-state index is -3.63. The van der Waals surface area contributed by atoms with Gasteiger partial charge in [-0.3, -0.25) is 4.90 Å². The van der Waals surface area contributed by atoms with Crippen LogP contribution in [0.1, 0.15) is 19.4 Å². The maximum atomic E-state index is 12.8. The number of anilines is 1. The van der Waals surface area contributed by atoms with Crippen LogP contribution in [-0.4, -0.2) is 49.8 Å². The molecule has 118 valence electrons. The second-order valence-corrected chi connectivity index (χ2v) is 8.53. The number of aryl methyl sites for hydroxylation is 1. The summed E-state index contributed by atoms with van der Waals surface area (Å²) >= 11 is 6.13. The Morgan fingerprint density at radius 2 is 1.90 bits per heavy atom. The Morgan fingerprint density at radius 1 is 1.29 bits per heavy atom. The van der Waals surface area contributed by atoms with Crippen molar-refractivity contribution in [1.82, 2.24) is 9.21 Å². The van der Waals surface area contributed by atoms with E-state index in [1.54, 1.807) is 13.0 Å². The number of nitrogen functional groups attached to an aromatic ring is 1. The molecule has 2 rings (SSSR count). The van der Waals surface area contributed by atoms with E-state index in [0.29, 0.717) is 25.3 Å². The maximum absolute atomic E-state index is 12.8. The highest BCUT2D eigenvalue weighted by Crippen LogP contribution is 2.31. The fraction of sp³-hybridized carbons (Fsp3) is 0.571. The van der Waals surface area contributed by atoms with Gasteiger partial charge in [-0.25, -0.2) is 8.42 Å². The van der Waals surface area contributed by atoms with Crippen molar-refractivity contribution in [2.24, 2.45) is 0 Å². The van der Waals surface area contributed by atoms with Gasteiger partial charge >= 0.3 is 0 Å². The van der Waals surface area contributed by atoms with Gasteiger partial charge in [-0.1, -0.05) is 11.6 Å². The molecule has 0 radical (unpaired) electrons. The molecule has 1 heterocycles. The van der Waals surface area contributed by atoms with E-state index in [2.05, 4.69) is 4.90 Å². The molecule has 5 nitrogen and oxygen atoms in total. The SMILES string of the molecule is Cc1cc(Cl)c(S(=O)(=O)N2CCN(C)C(C)(C)C2)cc1N. The monoisotopic (exact) mass is 331 g/mol. The highest BCUT2D eigenvalue weighted by molar-refractivity contribution is 7.89. The average molecular weight is 332 g/mol. The number of sulfonamides is 1. The van der Waals surface area contributed by atoms with Gasteiger partial charge in [-0.2, -0.15) is 4.31 Å². The van der Waals surface area contributed by atoms with Gasteiger partial charge in [0.05, 0.1) is 5.02 Å². The lowest BCUT2D eigenvalue weighted by atomic mass is 10.0. The van der Waals surface area contributed by atoms with E-state index in [1.807, 2.05) is 20.9 Å². The fourth-order valence-electron chi connectivity index (χ4n) is 2.41. The number of benzene rings is 1. The van der Waals surface area contributed by atoms with Crippen LogP contribution in [0.5, 0.6) is 0 Å². The molecule has 0 atom stereocenters. The molecule has 0 unspecified atom stereocenters. The predicted octanol–water partition coefficient (Wildman–Crippen LogP) is 1.95. The third-order valence-electron chi connectivity index (χ3n) is 4.22. The van der Waals surface area contributed by atoms with Crippen molar-refractivity contribution < 1.29 is 8.42 Å². The topological polar surface area (TPSA) is 66.6 Å². The van der Waals surface area contributed by atoms with Crippen LogP contribution in [-0.2, 0) is 10.0 Å². The van der Waals surface area contributed by atoms with Crippen molar-refractivity contribution in [2.45, 2.75) is 31.2 Å². The molecule has 0 spiro atoms. The molecule has 0 bridgehead atoms. The van der Waals surface area contributed by atoms with Crippen molar-refractivity contribution in [1.29, 1.82) is 0 Å². The molecule has 0 amide bonds. The van der Waals surface area contributed by atoms with Gasteiger partial charge < -0.3 is 5.73 Å². The van der Waals surface area contributed by atoms with Crippen LogP contribution in [0.15, 0.2) is 17.0 Å². The van der Waals surface area contributed by atoms with Crippen LogP contribution in [0.2, 0.25) is 5.02 Å². The lowest BCUT2D eigenvalue weighted by molar-refractivity contribution is 0.0801. The number of nitrogens with two attached hydrogens (primary N) is 1. The molecule has 21 heavy (non-hydrogen) atoms. The first-order valence-corrected chi connectivity index (χ1v) is 8.64. The second-order valence-electron chi connectivity index (χ2n) is 6.21. The summed E-state index contributed by atoms with van der Waals surface area (Å²) in [4.78, 5) is 2.25. The molecule has 0 aromatic heterocycles. The maximum Gasteiger partial charge on any atom is 0.244 e. The quantitative estimate of drug-likeness (QED) is 0.841. The zero-order valence-corrected chi connectivity index (χ0v) is 14.4. The Morgan fingerprint density at radius 3 is 2.48 bits per heavy atom. The highest BCUT2D eigenvalue weighted by Gasteiger charge is 2.38. The van der Waals surface area contributed by atoms with Crippen LogP contribution in [0.3, 0.4) is 0 Å². The lowest BCUT2D eigenvalue weighted by Crippen LogP contribution is -2.58. The molecule has 1 aromatic carbocycles. The van der Waals surface area contributed by atoms with Crippen molar-refractivity contribution in [3.05, 3.63) is 22.7 Å². The van der Waals surface area contributed by atoms with E-state index in [4.69, 9.17) is 17.3 Å². The first kappa shape index (κ1) is 16.5. The molecule has 1 saturated heterocycles. The number of likely N-dealkylation sites (N-methyl/N-ethyl adjacent to an activating group) is 1. The number of hydrogen-bond donors (Lipinski definition) is 1. The predicted molar refractivity (Wildman–Crippen MR) is 86.1 cm³/mol. The van der Waals surface area contributed by atoms with Gasteiger partial charge in [0.1, 0.15) is 4.90 Å². The normalized spacial score (nSPS) is 20.6. The molecule has 1 aliphatic rings. The Labute approximate surface area is 131 Å². The van der Waals surface area contributed by atoms with Crippen LogP contribution >= 0.6 is 11.6 Å². The van der Waals surface area contributed by atoms with Crippen LogP contribution in [0.4, 0.5) is 5.69 Å². The third-order valence-corrected chi connectivity index (χ3v) is 6.53. The zero-order chi connectivity index (χ0) is 16.0. The number of hydrogen-bond acceptors (Lipinski definition) is 4. The summed E-state index contributed by atoms with van der Waals surface area (Å²) in [5, 5.41) is 0.221. The van der Waals surface area contributed by atoms with Crippen molar-refractivity contribution in [3.63, 3.8) is 0 Å². The Bertz CT molecular complexity index is 658. The molecular weight excluding hydrogens is 310 g/mol. The summed E-state index contributed by atoms with van der Waals surface area (Å²) in [5.74, 6) is 0. The Kier molecular flexibility index (Phi) is 4.28. The number of piperazine rings is 1. The van der Waals surface area contributed by atoms with E-state index in [1.165, 1.54) is 10.4 Å². The first-order chi connectivity index (χ1) is 9.55. The second kappa shape index (κ2) is 5.43. The summed E-state index contributed by atoms with van der Waals surface area (Å²) < 4.78 is 27.2. The minimum Gasteiger partial charge on any atom is -0.398 e. The lowest BCUT2D eigenvalue weighted by Gasteiger charge is -2.44. The van der Waals surface area contributed by atoms with Gasteiger partial charge in [0.25, 0.3) is 0 Å². The Hall–Kier alpha value is -0.820. The van der Waals surface area contributed by atoms with E-state index in [0.717, 1.165) is 5.56 Å². The number of nitrogens with zero attached hydrogens (tertiary/aromatic N) is 2. The fourth-order valence-corrected chi connectivity index (χ4v) is 4.58. The standard InChI is InChI=1S/C14H22ClN3O2S/c1-10-7-11(15)13(8-12(10)16)21(19,20)18-6-5-17(4)14(2,3)9-18/h7-8H,5-6,9,16H2,1-4H3. The smallest absolute Gasteiger partial charge is 0.244 e. The Balaban J connectivity index is 2.42. The largest absolute Gasteiger partial charge is 0.398 e. The van der Waals surface area contributed by atoms with Crippen LogP contribution in [0.25, 0.3) is 0 Å². The first-order valence-electron chi connectivity index (χ1n) is 6.83. The van der Waals surface area contributed by atoms with E-state index >= 15 is 0 Å². The van der Waals surface area contributed by atoms with Gasteiger partial charge in [0.2, 0.25) is 10.0 Å². The van der Waals surface area contributed by atoms with E-state index in [-0.39, 0.29) is 15.5 Å². The summed E-state index contributed by atoms with van der Waals surface area (Å²) in [7, 11) is -1.63. The molecule has 0 saturated carbocycles. The minimum absolute atomic E-state index is 0.0904. The molecule has 2 N–H and O–H groups in total. The molecule has 1 aromatic rings. The van der Waals surface area contributed by atoms with Crippen LogP contribution in [0, 0.1) is 6.92 Å². The highest BCUT2D eigenvalue weighted by atomic mass is 35.5. The van der Waals surface area contributed by atoms with E-state index < -0.39 is 10.0 Å². The average Bonchev–Trinajstić information content (AvgIpc) is 2.36. The molecule has 0 aliphatic carbocycles. The molecule has 7 heteroatoms. The zero-order valence-electron chi connectivity index (χ0n) is 12.9. The number of rotatable bonds is 2. The van der Waals surface area contributed by atoms with Crippen molar-refractivity contribution in [2.75, 3.05) is 32.4 Å². The summed E-state index contributed by atoms with van der Waals surface area (Å²) in [6.45, 7) is 7.42. The third kappa shape index (κ3) is 3.04. The van der Waals surface area contributed by atoms with Gasteiger partial charge in [-0.15, -0.1) is 0 Å². The van der Waals surface area contributed by atoms with Gasteiger partial charge in [0, 0.05) is 30.9 Å². The summed E-state index contributed by atoms with van der Waals surface area (Å²) in [5.41, 5.74) is 6.84. The molecule has 1 fully saturated rings. The summed E-state index contributed by atoms with van der Waals surface area (Å²) in [6, 6.07) is 3.06. The summed E-state index contributed by atoms with van der Waals surface area (Å²) in [6.07, 6.45) is 0. The van der Waals surface area contributed by atoms with Crippen molar-refractivity contribution in [3.8, 4) is 0 Å². The van der Waals surface area contributed by atoms with Crippen molar-refractivity contribution >= 4 is 27.3 Å². The molecular formula is C14H22ClN3O2S. The van der Waals surface area contributed by atoms with Gasteiger partial charge in [0.15, 0.2) is 0 Å². The van der Waals surface area contributed by atoms with E-state index in [9.17, 15) is 8.42 Å². The number of halogens is 1. The van der Waals surface area contributed by atoms with Crippen LogP contribution < -0.4 is 5.73 Å². The molecule has 1 aliphatic heterocycles. The van der Waals surface area contributed by atoms with Gasteiger partial charge in [-0.05, 0) is 45.5 Å².